The Hall–Kier alpha value is -2.76. The van der Waals surface area contributed by atoms with Crippen molar-refractivity contribution in [2.24, 2.45) is 0 Å². The van der Waals surface area contributed by atoms with Crippen molar-refractivity contribution in [1.29, 1.82) is 0 Å². The van der Waals surface area contributed by atoms with Crippen LogP contribution in [0.2, 0.25) is 0 Å². The third-order valence-corrected chi connectivity index (χ3v) is 4.34. The van der Waals surface area contributed by atoms with E-state index in [2.05, 4.69) is 32.5 Å². The Morgan fingerprint density at radius 1 is 1.08 bits per heavy atom. The van der Waals surface area contributed by atoms with Crippen LogP contribution in [-0.2, 0) is 17.6 Å². The predicted octanol–water partition coefficient (Wildman–Crippen LogP) is 2.34. The van der Waals surface area contributed by atoms with E-state index in [1.165, 1.54) is 5.56 Å². The van der Waals surface area contributed by atoms with Gasteiger partial charge in [0, 0.05) is 24.4 Å². The molecule has 130 valence electrons. The fourth-order valence-corrected chi connectivity index (χ4v) is 2.99. The number of aryl methyl sites for hydroxylation is 3. The van der Waals surface area contributed by atoms with Crippen LogP contribution in [0.1, 0.15) is 34.8 Å². The summed E-state index contributed by atoms with van der Waals surface area (Å²) in [7, 11) is 0. The Labute approximate surface area is 147 Å². The molecule has 6 heteroatoms. The Bertz CT molecular complexity index is 886. The summed E-state index contributed by atoms with van der Waals surface area (Å²) < 4.78 is 1.75. The second-order valence-corrected chi connectivity index (χ2v) is 6.22. The zero-order valence-electron chi connectivity index (χ0n) is 14.9. The minimum atomic E-state index is 0.0598. The molecule has 2 heterocycles. The first kappa shape index (κ1) is 17.1. The molecule has 0 aliphatic carbocycles. The summed E-state index contributed by atoms with van der Waals surface area (Å²) in [5.74, 6) is 1.37. The highest BCUT2D eigenvalue weighted by Crippen LogP contribution is 2.15. The fourth-order valence-electron chi connectivity index (χ4n) is 2.99. The van der Waals surface area contributed by atoms with Gasteiger partial charge in [-0.3, -0.25) is 4.79 Å². The fraction of sp³-hybridized carbons (Fsp3) is 0.368. The van der Waals surface area contributed by atoms with Crippen LogP contribution in [0.5, 0.6) is 0 Å². The molecule has 0 spiro atoms. The first-order valence-electron chi connectivity index (χ1n) is 8.54. The van der Waals surface area contributed by atoms with Crippen LogP contribution in [0.15, 0.2) is 30.3 Å². The van der Waals surface area contributed by atoms with Crippen LogP contribution < -0.4 is 5.32 Å². The number of fused-ring (bicyclic) bond motifs is 1. The molecule has 1 N–H and O–H groups in total. The average molecular weight is 337 g/mol. The lowest BCUT2D eigenvalue weighted by Gasteiger charge is -2.10. The number of amides is 1. The summed E-state index contributed by atoms with van der Waals surface area (Å²) in [6.07, 6.45) is 1.93. The second kappa shape index (κ2) is 7.42. The van der Waals surface area contributed by atoms with E-state index >= 15 is 0 Å². The number of nitrogens with one attached hydrogen (secondary N) is 1. The Morgan fingerprint density at radius 2 is 1.84 bits per heavy atom. The first-order valence-corrected chi connectivity index (χ1v) is 8.54. The van der Waals surface area contributed by atoms with E-state index < -0.39 is 0 Å². The van der Waals surface area contributed by atoms with Gasteiger partial charge in [0.1, 0.15) is 5.82 Å². The molecule has 6 nitrogen and oxygen atoms in total. The molecule has 2 aromatic heterocycles. The lowest BCUT2D eigenvalue weighted by Crippen LogP contribution is -2.26. The third kappa shape index (κ3) is 4.02. The number of aromatic nitrogens is 4. The van der Waals surface area contributed by atoms with Crippen molar-refractivity contribution < 1.29 is 4.79 Å². The number of hydrogen-bond donors (Lipinski definition) is 1. The molecule has 0 saturated carbocycles. The summed E-state index contributed by atoms with van der Waals surface area (Å²) in [5, 5.41) is 7.35. The summed E-state index contributed by atoms with van der Waals surface area (Å²) in [6.45, 7) is 6.46. The molecule has 3 aromatic rings. The lowest BCUT2D eigenvalue weighted by molar-refractivity contribution is -0.121. The molecule has 0 saturated heterocycles. The van der Waals surface area contributed by atoms with Crippen LogP contribution in [0.4, 0.5) is 0 Å². The number of carbonyl (C=O) groups is 1. The molecule has 0 fully saturated rings. The molecular weight excluding hydrogens is 314 g/mol. The van der Waals surface area contributed by atoms with Crippen molar-refractivity contribution in [3.63, 3.8) is 0 Å². The van der Waals surface area contributed by atoms with Gasteiger partial charge in [0.2, 0.25) is 5.91 Å². The van der Waals surface area contributed by atoms with E-state index in [9.17, 15) is 4.79 Å². The number of nitrogens with zero attached hydrogens (tertiary/aromatic N) is 4. The van der Waals surface area contributed by atoms with Gasteiger partial charge in [0.05, 0.1) is 0 Å². The molecule has 0 radical (unpaired) electrons. The molecular formula is C19H23N5O. The smallest absolute Gasteiger partial charge is 0.252 e. The van der Waals surface area contributed by atoms with Gasteiger partial charge in [-0.1, -0.05) is 30.3 Å². The molecule has 1 amide bonds. The zero-order valence-corrected chi connectivity index (χ0v) is 14.9. The summed E-state index contributed by atoms with van der Waals surface area (Å²) in [5.41, 5.74) is 4.20. The Balaban J connectivity index is 1.57. The minimum absolute atomic E-state index is 0.0598. The van der Waals surface area contributed by atoms with Gasteiger partial charge in [-0.05, 0) is 44.7 Å². The number of benzene rings is 1. The van der Waals surface area contributed by atoms with Crippen molar-refractivity contribution in [3.05, 3.63) is 58.7 Å². The summed E-state index contributed by atoms with van der Waals surface area (Å²) >= 11 is 0. The van der Waals surface area contributed by atoms with Crippen LogP contribution in [-0.4, -0.2) is 32.0 Å². The van der Waals surface area contributed by atoms with Gasteiger partial charge >= 0.3 is 0 Å². The molecule has 0 bridgehead atoms. The number of carbonyl (C=O) groups excluding carboxylic acids is 1. The van der Waals surface area contributed by atoms with Crippen molar-refractivity contribution >= 4 is 11.7 Å². The second-order valence-electron chi connectivity index (χ2n) is 6.22. The maximum absolute atomic E-state index is 12.1. The van der Waals surface area contributed by atoms with Crippen LogP contribution in [0, 0.1) is 20.8 Å². The monoisotopic (exact) mass is 337 g/mol. The molecule has 0 aliphatic rings. The van der Waals surface area contributed by atoms with E-state index in [4.69, 9.17) is 0 Å². The highest BCUT2D eigenvalue weighted by molar-refractivity contribution is 5.76. The molecule has 0 unspecified atom stereocenters. The number of hydrogen-bond acceptors (Lipinski definition) is 4. The van der Waals surface area contributed by atoms with Gasteiger partial charge in [-0.15, -0.1) is 0 Å². The SMILES string of the molecule is Cc1nc2nc(C)c(CCC(=O)NCCc3ccccc3)c(C)n2n1. The van der Waals surface area contributed by atoms with E-state index in [1.54, 1.807) is 4.52 Å². The van der Waals surface area contributed by atoms with Crippen molar-refractivity contribution in [3.8, 4) is 0 Å². The van der Waals surface area contributed by atoms with E-state index in [0.29, 0.717) is 31.0 Å². The quantitative estimate of drug-likeness (QED) is 0.749. The van der Waals surface area contributed by atoms with E-state index in [-0.39, 0.29) is 5.91 Å². The predicted molar refractivity (Wildman–Crippen MR) is 96.5 cm³/mol. The van der Waals surface area contributed by atoms with Crippen molar-refractivity contribution in [1.82, 2.24) is 24.9 Å². The molecule has 0 atom stereocenters. The summed E-state index contributed by atoms with van der Waals surface area (Å²) in [4.78, 5) is 20.9. The van der Waals surface area contributed by atoms with E-state index in [0.717, 1.165) is 23.4 Å². The van der Waals surface area contributed by atoms with Crippen molar-refractivity contribution in [2.75, 3.05) is 6.54 Å². The van der Waals surface area contributed by atoms with Crippen LogP contribution >= 0.6 is 0 Å². The average Bonchev–Trinajstić information content (AvgIpc) is 2.96. The van der Waals surface area contributed by atoms with E-state index in [1.807, 2.05) is 39.0 Å². The summed E-state index contributed by atoms with van der Waals surface area (Å²) in [6, 6.07) is 10.2. The maximum Gasteiger partial charge on any atom is 0.252 e. The van der Waals surface area contributed by atoms with Gasteiger partial charge in [-0.25, -0.2) is 9.50 Å². The Morgan fingerprint density at radius 3 is 2.60 bits per heavy atom. The van der Waals surface area contributed by atoms with Crippen molar-refractivity contribution in [2.45, 2.75) is 40.0 Å². The highest BCUT2D eigenvalue weighted by atomic mass is 16.1. The van der Waals surface area contributed by atoms with Gasteiger partial charge < -0.3 is 5.32 Å². The van der Waals surface area contributed by atoms with Gasteiger partial charge in [-0.2, -0.15) is 10.1 Å². The lowest BCUT2D eigenvalue weighted by atomic mass is 10.1. The normalized spacial score (nSPS) is 11.0. The molecule has 1 aromatic carbocycles. The third-order valence-electron chi connectivity index (χ3n) is 4.34. The van der Waals surface area contributed by atoms with Crippen LogP contribution in [0.3, 0.4) is 0 Å². The standard InChI is InChI=1S/C19H23N5O/c1-13-17(14(2)24-19(21-13)22-15(3)23-24)9-10-18(25)20-12-11-16-7-5-4-6-8-16/h4-8H,9-12H2,1-3H3,(H,20,25). The highest BCUT2D eigenvalue weighted by Gasteiger charge is 2.13. The largest absolute Gasteiger partial charge is 0.356 e. The Kier molecular flexibility index (Phi) is 5.07. The van der Waals surface area contributed by atoms with Gasteiger partial charge in [0.25, 0.3) is 5.78 Å². The maximum atomic E-state index is 12.1. The molecule has 3 rings (SSSR count). The van der Waals surface area contributed by atoms with Gasteiger partial charge in [0.15, 0.2) is 0 Å². The topological polar surface area (TPSA) is 72.2 Å². The molecule has 0 aliphatic heterocycles. The number of rotatable bonds is 6. The minimum Gasteiger partial charge on any atom is -0.356 e. The van der Waals surface area contributed by atoms with Crippen LogP contribution in [0.25, 0.3) is 5.78 Å². The molecule has 25 heavy (non-hydrogen) atoms. The zero-order chi connectivity index (χ0) is 17.8. The first-order chi connectivity index (χ1) is 12.0.